The van der Waals surface area contributed by atoms with Crippen LogP contribution in [0.3, 0.4) is 0 Å². The normalized spacial score (nSPS) is 30.1. The molecule has 12 heavy (non-hydrogen) atoms. The fraction of sp³-hybridized carbons (Fsp3) is 0.500. The van der Waals surface area contributed by atoms with Crippen LogP contribution in [-0.2, 0) is 10.1 Å². The van der Waals surface area contributed by atoms with Crippen molar-refractivity contribution in [1.29, 1.82) is 0 Å². The van der Waals surface area contributed by atoms with E-state index in [1.807, 2.05) is 13.8 Å². The van der Waals surface area contributed by atoms with Gasteiger partial charge in [-0.15, -0.1) is 0 Å². The van der Waals surface area contributed by atoms with Gasteiger partial charge >= 0.3 is 0 Å². The summed E-state index contributed by atoms with van der Waals surface area (Å²) in [5.74, 6) is 0.488. The highest BCUT2D eigenvalue weighted by Crippen LogP contribution is 2.23. The summed E-state index contributed by atoms with van der Waals surface area (Å²) in [7, 11) is -4.01. The number of rotatable bonds is 1. The van der Waals surface area contributed by atoms with Crippen molar-refractivity contribution in [2.75, 3.05) is 0 Å². The lowest BCUT2D eigenvalue weighted by molar-refractivity contribution is 0.488. The smallest absolute Gasteiger partial charge is 0.282 e. The maximum absolute atomic E-state index is 10.7. The molecule has 0 heterocycles. The Morgan fingerprint density at radius 3 is 2.33 bits per heavy atom. The molecule has 4 heteroatoms. The summed E-state index contributed by atoms with van der Waals surface area (Å²) >= 11 is 0. The van der Waals surface area contributed by atoms with E-state index in [4.69, 9.17) is 4.55 Å². The molecule has 0 aromatic heterocycles. The van der Waals surface area contributed by atoms with Gasteiger partial charge < -0.3 is 0 Å². The molecule has 0 saturated heterocycles. The van der Waals surface area contributed by atoms with Crippen LogP contribution in [0.5, 0.6) is 0 Å². The third-order valence-electron chi connectivity index (χ3n) is 2.12. The summed E-state index contributed by atoms with van der Waals surface area (Å²) in [4.78, 5) is 0.00750. The third-order valence-corrected chi connectivity index (χ3v) is 2.99. The average Bonchev–Trinajstić information content (AvgIpc) is 1.92. The topological polar surface area (TPSA) is 54.4 Å². The highest BCUT2D eigenvalue weighted by molar-refractivity contribution is 7.90. The standard InChI is InChI=1S/C8H12O3S/c1-6-3-4-8(5-7(6)2)12(9,10)11/h3-7H,1-2H3,(H,9,10,11). The van der Waals surface area contributed by atoms with Gasteiger partial charge in [-0.25, -0.2) is 0 Å². The Morgan fingerprint density at radius 2 is 1.92 bits per heavy atom. The fourth-order valence-electron chi connectivity index (χ4n) is 1.06. The van der Waals surface area contributed by atoms with Gasteiger partial charge in [0, 0.05) is 0 Å². The monoisotopic (exact) mass is 188 g/mol. The molecule has 2 atom stereocenters. The minimum Gasteiger partial charge on any atom is -0.282 e. The van der Waals surface area contributed by atoms with Crippen LogP contribution in [0.2, 0.25) is 0 Å². The van der Waals surface area contributed by atoms with Crippen LogP contribution in [0.15, 0.2) is 23.1 Å². The summed E-state index contributed by atoms with van der Waals surface area (Å²) in [6.45, 7) is 3.91. The minimum atomic E-state index is -4.01. The van der Waals surface area contributed by atoms with E-state index < -0.39 is 10.1 Å². The van der Waals surface area contributed by atoms with Crippen molar-refractivity contribution in [3.05, 3.63) is 23.1 Å². The molecule has 3 nitrogen and oxygen atoms in total. The zero-order valence-corrected chi connectivity index (χ0v) is 7.88. The van der Waals surface area contributed by atoms with Crippen molar-refractivity contribution in [3.8, 4) is 0 Å². The lowest BCUT2D eigenvalue weighted by atomic mass is 9.92. The van der Waals surface area contributed by atoms with E-state index in [0.29, 0.717) is 5.92 Å². The average molecular weight is 188 g/mol. The lowest BCUT2D eigenvalue weighted by Crippen LogP contribution is -2.11. The maximum atomic E-state index is 10.7. The van der Waals surface area contributed by atoms with E-state index >= 15 is 0 Å². The number of allylic oxidation sites excluding steroid dienone is 3. The van der Waals surface area contributed by atoms with E-state index in [-0.39, 0.29) is 10.8 Å². The molecule has 2 unspecified atom stereocenters. The van der Waals surface area contributed by atoms with Crippen molar-refractivity contribution in [2.45, 2.75) is 13.8 Å². The molecule has 68 valence electrons. The first-order valence-corrected chi connectivity index (χ1v) is 5.23. The predicted octanol–water partition coefficient (Wildman–Crippen LogP) is 1.60. The molecule has 0 aromatic rings. The summed E-state index contributed by atoms with van der Waals surface area (Å²) < 4.78 is 30.0. The maximum Gasteiger partial charge on any atom is 0.294 e. The second-order valence-electron chi connectivity index (χ2n) is 3.12. The molecule has 0 spiro atoms. The van der Waals surface area contributed by atoms with Crippen LogP contribution >= 0.6 is 0 Å². The molecular formula is C8H12O3S. The van der Waals surface area contributed by atoms with Crippen LogP contribution in [0.25, 0.3) is 0 Å². The molecule has 1 N–H and O–H groups in total. The Bertz CT molecular complexity index is 324. The van der Waals surface area contributed by atoms with Crippen molar-refractivity contribution < 1.29 is 13.0 Å². The van der Waals surface area contributed by atoms with Crippen LogP contribution in [0, 0.1) is 11.8 Å². The van der Waals surface area contributed by atoms with Gasteiger partial charge in [0.2, 0.25) is 0 Å². The molecule has 0 aliphatic heterocycles. The van der Waals surface area contributed by atoms with Crippen LogP contribution in [0.1, 0.15) is 13.8 Å². The van der Waals surface area contributed by atoms with Crippen molar-refractivity contribution >= 4 is 10.1 Å². The van der Waals surface area contributed by atoms with Gasteiger partial charge in [0.15, 0.2) is 0 Å². The SMILES string of the molecule is CC1C=CC(S(=O)(=O)O)=CC1C. The van der Waals surface area contributed by atoms with Gasteiger partial charge in [-0.3, -0.25) is 4.55 Å². The molecular weight excluding hydrogens is 176 g/mol. The van der Waals surface area contributed by atoms with E-state index in [9.17, 15) is 8.42 Å². The van der Waals surface area contributed by atoms with Gasteiger partial charge in [0.25, 0.3) is 10.1 Å². The van der Waals surface area contributed by atoms with Crippen LogP contribution < -0.4 is 0 Å². The van der Waals surface area contributed by atoms with E-state index in [2.05, 4.69) is 0 Å². The molecule has 0 saturated carbocycles. The molecule has 1 rings (SSSR count). The Morgan fingerprint density at radius 1 is 1.33 bits per heavy atom. The summed E-state index contributed by atoms with van der Waals surface area (Å²) in [5, 5.41) is 0. The Kier molecular flexibility index (Phi) is 2.39. The largest absolute Gasteiger partial charge is 0.294 e. The molecule has 1 aliphatic rings. The van der Waals surface area contributed by atoms with E-state index in [1.165, 1.54) is 6.08 Å². The Balaban J connectivity index is 2.99. The van der Waals surface area contributed by atoms with E-state index in [0.717, 1.165) is 0 Å². The molecule has 1 aliphatic carbocycles. The van der Waals surface area contributed by atoms with Gasteiger partial charge in [-0.1, -0.05) is 26.0 Å². The van der Waals surface area contributed by atoms with Crippen LogP contribution in [0.4, 0.5) is 0 Å². The summed E-state index contributed by atoms with van der Waals surface area (Å²) in [5.41, 5.74) is 0. The molecule has 0 fully saturated rings. The number of hydrogen-bond acceptors (Lipinski definition) is 2. The molecule has 0 bridgehead atoms. The zero-order valence-electron chi connectivity index (χ0n) is 7.06. The molecule has 0 amide bonds. The third kappa shape index (κ3) is 1.95. The van der Waals surface area contributed by atoms with Gasteiger partial charge in [-0.2, -0.15) is 8.42 Å². The Labute approximate surface area is 72.5 Å². The van der Waals surface area contributed by atoms with Crippen molar-refractivity contribution in [3.63, 3.8) is 0 Å². The first-order valence-electron chi connectivity index (χ1n) is 3.79. The van der Waals surface area contributed by atoms with Gasteiger partial charge in [0.1, 0.15) is 0 Å². The molecule has 0 aromatic carbocycles. The van der Waals surface area contributed by atoms with Crippen molar-refractivity contribution in [2.24, 2.45) is 11.8 Å². The number of hydrogen-bond donors (Lipinski definition) is 1. The summed E-state index contributed by atoms with van der Waals surface area (Å²) in [6.07, 6.45) is 4.80. The highest BCUT2D eigenvalue weighted by Gasteiger charge is 2.18. The quantitative estimate of drug-likeness (QED) is 0.636. The van der Waals surface area contributed by atoms with Crippen LogP contribution in [-0.4, -0.2) is 13.0 Å². The van der Waals surface area contributed by atoms with Gasteiger partial charge in [-0.05, 0) is 17.9 Å². The Hall–Kier alpha value is -0.610. The second kappa shape index (κ2) is 3.03. The second-order valence-corrected chi connectivity index (χ2v) is 4.54. The lowest BCUT2D eigenvalue weighted by Gasteiger charge is -2.17. The summed E-state index contributed by atoms with van der Waals surface area (Å²) in [6, 6.07) is 0. The van der Waals surface area contributed by atoms with Crippen molar-refractivity contribution in [1.82, 2.24) is 0 Å². The minimum absolute atomic E-state index is 0.00750. The van der Waals surface area contributed by atoms with Gasteiger partial charge in [0.05, 0.1) is 4.91 Å². The predicted molar refractivity (Wildman–Crippen MR) is 47.1 cm³/mol. The first kappa shape index (κ1) is 9.48. The van der Waals surface area contributed by atoms with E-state index in [1.54, 1.807) is 12.2 Å². The highest BCUT2D eigenvalue weighted by atomic mass is 32.2. The zero-order chi connectivity index (χ0) is 9.35. The first-order chi connectivity index (χ1) is 5.41. The molecule has 0 radical (unpaired) electrons. The fourth-order valence-corrected chi connectivity index (χ4v) is 1.70.